The van der Waals surface area contributed by atoms with Crippen molar-refractivity contribution in [1.82, 2.24) is 4.98 Å². The Hall–Kier alpha value is -2.49. The quantitative estimate of drug-likeness (QED) is 0.463. The molecule has 2 aromatic carbocycles. The fraction of sp³-hybridized carbons (Fsp3) is 0.0952. The van der Waals surface area contributed by atoms with Crippen LogP contribution in [0, 0.1) is 0 Å². The lowest BCUT2D eigenvalue weighted by atomic mass is 10.2. The molecule has 3 nitrogen and oxygen atoms in total. The standard InChI is InChI=1S/C21H17Cl2N3/c22-16-4-8-18(9-5-16)24-14-12-20-2-1-3-21(26-20)13-15-25-19-10-6-17(23)7-11-19/h1-11,14-15H,12-13H2. The SMILES string of the molecule is Clc1ccc(N=CCc2cccc(CC=Nc3ccc(Cl)cc3)n2)cc1. The van der Waals surface area contributed by atoms with E-state index >= 15 is 0 Å². The van der Waals surface area contributed by atoms with Gasteiger partial charge in [-0.1, -0.05) is 29.3 Å². The molecule has 1 aromatic heterocycles. The third kappa shape index (κ3) is 5.80. The monoisotopic (exact) mass is 381 g/mol. The smallest absolute Gasteiger partial charge is 0.0626 e. The summed E-state index contributed by atoms with van der Waals surface area (Å²) in [6.45, 7) is 0. The highest BCUT2D eigenvalue weighted by Gasteiger charge is 1.97. The predicted octanol–water partition coefficient (Wildman–Crippen LogP) is 6.28. The maximum absolute atomic E-state index is 5.87. The number of pyridine rings is 1. The third-order valence-corrected chi connectivity index (χ3v) is 4.10. The van der Waals surface area contributed by atoms with E-state index in [0.717, 1.165) is 22.8 Å². The molecule has 130 valence electrons. The first-order valence-electron chi connectivity index (χ1n) is 8.20. The summed E-state index contributed by atoms with van der Waals surface area (Å²) in [6, 6.07) is 20.8. The first-order valence-corrected chi connectivity index (χ1v) is 8.96. The molecule has 0 bridgehead atoms. The van der Waals surface area contributed by atoms with E-state index in [1.54, 1.807) is 0 Å². The van der Waals surface area contributed by atoms with E-state index in [9.17, 15) is 0 Å². The molecule has 0 radical (unpaired) electrons. The number of aromatic nitrogens is 1. The van der Waals surface area contributed by atoms with Gasteiger partial charge in [-0.2, -0.15) is 0 Å². The first kappa shape index (κ1) is 18.3. The second-order valence-corrected chi connectivity index (χ2v) is 6.48. The molecule has 5 heteroatoms. The van der Waals surface area contributed by atoms with Crippen molar-refractivity contribution in [3.63, 3.8) is 0 Å². The van der Waals surface area contributed by atoms with E-state index < -0.39 is 0 Å². The fourth-order valence-corrected chi connectivity index (χ4v) is 2.55. The van der Waals surface area contributed by atoms with Crippen molar-refractivity contribution in [1.29, 1.82) is 0 Å². The van der Waals surface area contributed by atoms with Crippen LogP contribution in [-0.2, 0) is 12.8 Å². The minimum absolute atomic E-state index is 0.671. The zero-order valence-electron chi connectivity index (χ0n) is 14.0. The van der Waals surface area contributed by atoms with E-state index in [1.807, 2.05) is 79.2 Å². The van der Waals surface area contributed by atoms with Crippen LogP contribution in [0.4, 0.5) is 11.4 Å². The highest BCUT2D eigenvalue weighted by molar-refractivity contribution is 6.30. The summed E-state index contributed by atoms with van der Waals surface area (Å²) >= 11 is 11.7. The fourth-order valence-electron chi connectivity index (χ4n) is 2.30. The Balaban J connectivity index is 1.57. The van der Waals surface area contributed by atoms with E-state index in [0.29, 0.717) is 22.9 Å². The third-order valence-electron chi connectivity index (χ3n) is 3.60. The molecule has 0 fully saturated rings. The maximum atomic E-state index is 5.87. The van der Waals surface area contributed by atoms with Crippen LogP contribution < -0.4 is 0 Å². The minimum atomic E-state index is 0.671. The van der Waals surface area contributed by atoms with Crippen LogP contribution in [0.25, 0.3) is 0 Å². The number of rotatable bonds is 6. The van der Waals surface area contributed by atoms with Crippen LogP contribution in [0.5, 0.6) is 0 Å². The zero-order chi connectivity index (χ0) is 18.2. The van der Waals surface area contributed by atoms with E-state index in [1.165, 1.54) is 0 Å². The molecular weight excluding hydrogens is 365 g/mol. The summed E-state index contributed by atoms with van der Waals surface area (Å²) in [5.74, 6) is 0. The van der Waals surface area contributed by atoms with Crippen LogP contribution in [0.15, 0.2) is 76.7 Å². The molecule has 1 heterocycles. The van der Waals surface area contributed by atoms with Crippen LogP contribution in [0.2, 0.25) is 10.0 Å². The van der Waals surface area contributed by atoms with Gasteiger partial charge in [0.05, 0.1) is 11.4 Å². The molecule has 3 aromatic rings. The second kappa shape index (κ2) is 9.27. The van der Waals surface area contributed by atoms with Crippen LogP contribution in [-0.4, -0.2) is 17.4 Å². The number of halogens is 2. The molecule has 0 N–H and O–H groups in total. The van der Waals surface area contributed by atoms with Gasteiger partial charge in [0.15, 0.2) is 0 Å². The molecule has 0 aliphatic carbocycles. The van der Waals surface area contributed by atoms with Gasteiger partial charge >= 0.3 is 0 Å². The highest BCUT2D eigenvalue weighted by Crippen LogP contribution is 2.16. The van der Waals surface area contributed by atoms with Crippen molar-refractivity contribution >= 4 is 47.0 Å². The van der Waals surface area contributed by atoms with Crippen molar-refractivity contribution in [2.24, 2.45) is 9.98 Å². The van der Waals surface area contributed by atoms with Crippen molar-refractivity contribution in [3.8, 4) is 0 Å². The largest absolute Gasteiger partial charge is 0.261 e. The number of hydrogen-bond acceptors (Lipinski definition) is 3. The molecule has 0 aliphatic rings. The van der Waals surface area contributed by atoms with Crippen LogP contribution in [0.3, 0.4) is 0 Å². The van der Waals surface area contributed by atoms with E-state index in [-0.39, 0.29) is 0 Å². The van der Waals surface area contributed by atoms with Gasteiger partial charge in [0, 0.05) is 46.7 Å². The topological polar surface area (TPSA) is 37.6 Å². The Morgan fingerprint density at radius 2 is 1.08 bits per heavy atom. The number of hydrogen-bond donors (Lipinski definition) is 0. The summed E-state index contributed by atoms with van der Waals surface area (Å²) < 4.78 is 0. The minimum Gasteiger partial charge on any atom is -0.261 e. The summed E-state index contributed by atoms with van der Waals surface area (Å²) in [6.07, 6.45) is 5.06. The van der Waals surface area contributed by atoms with Crippen molar-refractivity contribution in [2.75, 3.05) is 0 Å². The lowest BCUT2D eigenvalue weighted by molar-refractivity contribution is 1.06. The molecule has 0 atom stereocenters. The summed E-state index contributed by atoms with van der Waals surface area (Å²) in [7, 11) is 0. The summed E-state index contributed by atoms with van der Waals surface area (Å²) in [5, 5.41) is 1.41. The molecule has 26 heavy (non-hydrogen) atoms. The van der Waals surface area contributed by atoms with Gasteiger partial charge in [-0.25, -0.2) is 0 Å². The van der Waals surface area contributed by atoms with E-state index in [2.05, 4.69) is 15.0 Å². The lowest BCUT2D eigenvalue weighted by Crippen LogP contribution is -1.97. The predicted molar refractivity (Wildman–Crippen MR) is 111 cm³/mol. The van der Waals surface area contributed by atoms with Crippen molar-refractivity contribution in [2.45, 2.75) is 12.8 Å². The molecular formula is C21H17Cl2N3. The summed E-state index contributed by atoms with van der Waals surface area (Å²) in [5.41, 5.74) is 3.70. The molecule has 0 aliphatic heterocycles. The van der Waals surface area contributed by atoms with Gasteiger partial charge in [-0.05, 0) is 60.7 Å². The molecule has 0 spiro atoms. The highest BCUT2D eigenvalue weighted by atomic mass is 35.5. The van der Waals surface area contributed by atoms with Crippen molar-refractivity contribution in [3.05, 3.63) is 88.2 Å². The first-order chi connectivity index (χ1) is 12.7. The second-order valence-electron chi connectivity index (χ2n) is 5.60. The van der Waals surface area contributed by atoms with Gasteiger partial charge < -0.3 is 0 Å². The van der Waals surface area contributed by atoms with E-state index in [4.69, 9.17) is 23.2 Å². The van der Waals surface area contributed by atoms with Crippen molar-refractivity contribution < 1.29 is 0 Å². The number of aliphatic imine (C=N–C) groups is 2. The van der Waals surface area contributed by atoms with Crippen LogP contribution >= 0.6 is 23.2 Å². The Morgan fingerprint density at radius 1 is 0.654 bits per heavy atom. The Labute approximate surface area is 163 Å². The molecule has 0 saturated heterocycles. The Kier molecular flexibility index (Phi) is 6.53. The molecule has 0 amide bonds. The van der Waals surface area contributed by atoms with Gasteiger partial charge in [-0.3, -0.25) is 15.0 Å². The molecule has 3 rings (SSSR count). The summed E-state index contributed by atoms with van der Waals surface area (Å²) in [4.78, 5) is 13.5. The van der Waals surface area contributed by atoms with Gasteiger partial charge in [0.25, 0.3) is 0 Å². The Morgan fingerprint density at radius 3 is 1.50 bits per heavy atom. The average Bonchev–Trinajstić information content (AvgIpc) is 2.65. The lowest BCUT2D eigenvalue weighted by Gasteiger charge is -2.00. The number of benzene rings is 2. The average molecular weight is 382 g/mol. The zero-order valence-corrected chi connectivity index (χ0v) is 15.5. The maximum Gasteiger partial charge on any atom is 0.0626 e. The number of nitrogens with zero attached hydrogens (tertiary/aromatic N) is 3. The molecule has 0 unspecified atom stereocenters. The molecule has 0 saturated carbocycles. The van der Waals surface area contributed by atoms with Gasteiger partial charge in [-0.15, -0.1) is 0 Å². The normalized spacial score (nSPS) is 11.5. The Bertz CT molecular complexity index is 829. The van der Waals surface area contributed by atoms with Crippen LogP contribution in [0.1, 0.15) is 11.4 Å². The van der Waals surface area contributed by atoms with Gasteiger partial charge in [0.2, 0.25) is 0 Å². The van der Waals surface area contributed by atoms with Gasteiger partial charge in [0.1, 0.15) is 0 Å².